The van der Waals surface area contributed by atoms with E-state index in [1.54, 1.807) is 0 Å². The van der Waals surface area contributed by atoms with E-state index in [1.807, 2.05) is 0 Å². The normalized spacial score (nSPS) is 14.6. The fourth-order valence-corrected chi connectivity index (χ4v) is 11.8. The van der Waals surface area contributed by atoms with Crippen LogP contribution in [0.25, 0.3) is 0 Å². The highest BCUT2D eigenvalue weighted by Crippen LogP contribution is 2.48. The number of hydrogen-bond acceptors (Lipinski definition) is 0. The summed E-state index contributed by atoms with van der Waals surface area (Å²) >= 11 is 0. The van der Waals surface area contributed by atoms with Gasteiger partial charge in [-0.3, -0.25) is 0 Å². The monoisotopic (exact) mass is 312 g/mol. The summed E-state index contributed by atoms with van der Waals surface area (Å²) < 4.78 is 0. The van der Waals surface area contributed by atoms with Crippen molar-refractivity contribution < 1.29 is 0 Å². The van der Waals surface area contributed by atoms with Crippen LogP contribution in [0.2, 0.25) is 22.7 Å². The van der Waals surface area contributed by atoms with Crippen molar-refractivity contribution in [2.75, 3.05) is 0 Å². The molecule has 0 bridgehead atoms. The molecule has 0 nitrogen and oxygen atoms in total. The van der Waals surface area contributed by atoms with E-state index in [-0.39, 0.29) is 0 Å². The van der Waals surface area contributed by atoms with E-state index in [4.69, 9.17) is 0 Å². The van der Waals surface area contributed by atoms with Crippen LogP contribution in [-0.2, 0) is 0 Å². The first-order chi connectivity index (χ1) is 9.31. The van der Waals surface area contributed by atoms with E-state index in [1.165, 1.54) is 25.3 Å². The van der Waals surface area contributed by atoms with Gasteiger partial charge in [0.25, 0.3) is 0 Å². The summed E-state index contributed by atoms with van der Waals surface area (Å²) in [4.78, 5) is 0. The Morgan fingerprint density at radius 3 is 1.38 bits per heavy atom. The smallest absolute Gasteiger partial charge is 0.0613 e. The van der Waals surface area contributed by atoms with E-state index in [0.29, 0.717) is 10.8 Å². The minimum absolute atomic E-state index is 0.483. The Labute approximate surface area is 137 Å². The van der Waals surface area contributed by atoms with Gasteiger partial charge in [-0.15, -0.1) is 0 Å². The van der Waals surface area contributed by atoms with Crippen molar-refractivity contribution in [3.63, 3.8) is 0 Å². The standard InChI is InChI=1S/C20H44Si/c1-12-19(8,9)15-20(10,11)13-14-21(16(2)3,17(4)5)18(6)7/h16-18H,12-15H2,1-11H3. The molecular weight excluding hydrogens is 268 g/mol. The van der Waals surface area contributed by atoms with E-state index in [0.717, 1.165) is 16.6 Å². The zero-order chi connectivity index (χ0) is 17.1. The van der Waals surface area contributed by atoms with Crippen molar-refractivity contribution in [2.45, 2.75) is 118 Å². The van der Waals surface area contributed by atoms with Crippen molar-refractivity contribution in [2.24, 2.45) is 10.8 Å². The molecule has 0 fully saturated rings. The second kappa shape index (κ2) is 7.66. The first-order valence-corrected chi connectivity index (χ1v) is 11.7. The largest absolute Gasteiger partial charge is 0.0651 e. The SMILES string of the molecule is CCC(C)(C)CC(C)(C)CC[Si](C(C)C)(C(C)C)C(C)C. The molecule has 0 aromatic rings. The molecule has 0 rings (SSSR count). The van der Waals surface area contributed by atoms with Crippen LogP contribution in [0.3, 0.4) is 0 Å². The average Bonchev–Trinajstić information content (AvgIpc) is 2.26. The summed E-state index contributed by atoms with van der Waals surface area (Å²) in [5.74, 6) is 0. The lowest BCUT2D eigenvalue weighted by Crippen LogP contribution is -2.45. The summed E-state index contributed by atoms with van der Waals surface area (Å²) in [6, 6.07) is 1.51. The molecule has 0 aromatic heterocycles. The first kappa shape index (κ1) is 21.2. The Morgan fingerprint density at radius 1 is 0.714 bits per heavy atom. The van der Waals surface area contributed by atoms with Crippen LogP contribution >= 0.6 is 0 Å². The van der Waals surface area contributed by atoms with Crippen molar-refractivity contribution in [3.05, 3.63) is 0 Å². The molecule has 0 saturated carbocycles. The van der Waals surface area contributed by atoms with Gasteiger partial charge in [-0.25, -0.2) is 0 Å². The Kier molecular flexibility index (Phi) is 7.74. The molecular formula is C20H44Si. The molecule has 1 heteroatoms. The van der Waals surface area contributed by atoms with Gasteiger partial charge >= 0.3 is 0 Å². The van der Waals surface area contributed by atoms with Gasteiger partial charge in [0.1, 0.15) is 0 Å². The molecule has 0 heterocycles. The third kappa shape index (κ3) is 5.73. The van der Waals surface area contributed by atoms with Gasteiger partial charge in [0, 0.05) is 0 Å². The minimum atomic E-state index is -1.22. The van der Waals surface area contributed by atoms with E-state index in [2.05, 4.69) is 76.2 Å². The summed E-state index contributed by atoms with van der Waals surface area (Å²) in [5, 5.41) is 0. The van der Waals surface area contributed by atoms with Crippen molar-refractivity contribution in [1.29, 1.82) is 0 Å². The maximum absolute atomic E-state index is 2.50. The molecule has 0 saturated heterocycles. The van der Waals surface area contributed by atoms with E-state index in [9.17, 15) is 0 Å². The summed E-state index contributed by atoms with van der Waals surface area (Å²) in [6.07, 6.45) is 4.06. The Balaban J connectivity index is 5.06. The minimum Gasteiger partial charge on any atom is -0.0651 e. The first-order valence-electron chi connectivity index (χ1n) is 9.31. The molecule has 0 atom stereocenters. The third-order valence-electron chi connectivity index (χ3n) is 6.37. The van der Waals surface area contributed by atoms with Gasteiger partial charge in [-0.2, -0.15) is 0 Å². The van der Waals surface area contributed by atoms with Gasteiger partial charge in [0.05, 0.1) is 8.07 Å². The molecule has 0 aliphatic heterocycles. The molecule has 0 aliphatic rings. The zero-order valence-corrected chi connectivity index (χ0v) is 18.1. The highest BCUT2D eigenvalue weighted by atomic mass is 28.3. The summed E-state index contributed by atoms with van der Waals surface area (Å²) in [6.45, 7) is 27.2. The third-order valence-corrected chi connectivity index (χ3v) is 13.9. The quantitative estimate of drug-likeness (QED) is 0.379. The van der Waals surface area contributed by atoms with Gasteiger partial charge in [-0.1, -0.05) is 112 Å². The Bertz CT molecular complexity index is 275. The molecule has 0 N–H and O–H groups in total. The maximum Gasteiger partial charge on any atom is 0.0613 e. The molecule has 21 heavy (non-hydrogen) atoms. The summed E-state index contributed by atoms with van der Waals surface area (Å²) in [7, 11) is -1.22. The van der Waals surface area contributed by atoms with Crippen molar-refractivity contribution in [1.82, 2.24) is 0 Å². The fraction of sp³-hybridized carbons (Fsp3) is 1.00. The Morgan fingerprint density at radius 2 is 1.10 bits per heavy atom. The van der Waals surface area contributed by atoms with Crippen LogP contribution in [0.5, 0.6) is 0 Å². The van der Waals surface area contributed by atoms with E-state index >= 15 is 0 Å². The molecule has 0 spiro atoms. The van der Waals surface area contributed by atoms with Crippen LogP contribution in [0, 0.1) is 10.8 Å². The predicted octanol–water partition coefficient (Wildman–Crippen LogP) is 7.91. The van der Waals surface area contributed by atoms with Gasteiger partial charge < -0.3 is 0 Å². The molecule has 0 amide bonds. The summed E-state index contributed by atoms with van der Waals surface area (Å²) in [5.41, 5.74) is 3.66. The zero-order valence-electron chi connectivity index (χ0n) is 17.1. The average molecular weight is 313 g/mol. The van der Waals surface area contributed by atoms with Crippen LogP contribution < -0.4 is 0 Å². The van der Waals surface area contributed by atoms with Gasteiger partial charge in [0.2, 0.25) is 0 Å². The second-order valence-electron chi connectivity index (χ2n) is 9.94. The maximum atomic E-state index is 2.50. The predicted molar refractivity (Wildman–Crippen MR) is 103 cm³/mol. The van der Waals surface area contributed by atoms with Crippen LogP contribution in [0.1, 0.15) is 95.4 Å². The lowest BCUT2D eigenvalue weighted by atomic mass is 9.72. The topological polar surface area (TPSA) is 0 Å². The lowest BCUT2D eigenvalue weighted by Gasteiger charge is -2.46. The van der Waals surface area contributed by atoms with Crippen LogP contribution in [0.15, 0.2) is 0 Å². The number of rotatable bonds is 9. The molecule has 0 aromatic carbocycles. The molecule has 0 radical (unpaired) electrons. The van der Waals surface area contributed by atoms with Crippen LogP contribution in [0.4, 0.5) is 0 Å². The molecule has 0 unspecified atom stereocenters. The highest BCUT2D eigenvalue weighted by Gasteiger charge is 2.43. The van der Waals surface area contributed by atoms with Crippen molar-refractivity contribution >= 4 is 8.07 Å². The van der Waals surface area contributed by atoms with E-state index < -0.39 is 8.07 Å². The molecule has 0 aliphatic carbocycles. The van der Waals surface area contributed by atoms with Gasteiger partial charge in [-0.05, 0) is 17.3 Å². The fourth-order valence-electron chi connectivity index (χ4n) is 4.93. The number of hydrogen-bond donors (Lipinski definition) is 0. The lowest BCUT2D eigenvalue weighted by molar-refractivity contribution is 0.182. The van der Waals surface area contributed by atoms with Crippen molar-refractivity contribution in [3.8, 4) is 0 Å². The van der Waals surface area contributed by atoms with Gasteiger partial charge in [0.15, 0.2) is 0 Å². The highest BCUT2D eigenvalue weighted by molar-refractivity contribution is 6.83. The molecule has 128 valence electrons. The second-order valence-corrected chi connectivity index (χ2v) is 16.1. The Hall–Kier alpha value is 0.217. The van der Waals surface area contributed by atoms with Crippen LogP contribution in [-0.4, -0.2) is 8.07 Å².